The van der Waals surface area contributed by atoms with Crippen LogP contribution < -0.4 is 21.8 Å². The summed E-state index contributed by atoms with van der Waals surface area (Å²) in [5.74, 6) is -1.67. The molecular weight excluding hydrogens is 442 g/mol. The summed E-state index contributed by atoms with van der Waals surface area (Å²) in [7, 11) is 0. The Balaban J connectivity index is 1.77. The number of hydrogen-bond acceptors (Lipinski definition) is 6. The van der Waals surface area contributed by atoms with Gasteiger partial charge in [0.1, 0.15) is 12.1 Å². The Morgan fingerprint density at radius 2 is 1.94 bits per heavy atom. The number of hydrazine groups is 1. The van der Waals surface area contributed by atoms with E-state index >= 15 is 0 Å². The van der Waals surface area contributed by atoms with Gasteiger partial charge in [0.2, 0.25) is 11.8 Å². The molecule has 2 aliphatic rings. The standard InChI is InChI=1S/C22H29N7O5/c1-2-15(13-24-27-22(23)34)25-20(32)17-9-6-12-28-18(30)11-10-16(21(33)29(17)28)26-19(31)14-7-4-3-5-8-14/h3-5,7-8,13,15-17H,2,6,9-12H2,1H3,(H,25,32)(H,26,31)(H3,23,27,34)/b24-13+/t15-,16-,17-/m0/s1. The molecule has 3 rings (SSSR count). The second-order valence-electron chi connectivity index (χ2n) is 8.07. The van der Waals surface area contributed by atoms with Gasteiger partial charge in [0.05, 0.1) is 6.04 Å². The number of benzene rings is 1. The van der Waals surface area contributed by atoms with Crippen molar-refractivity contribution in [3.8, 4) is 0 Å². The number of nitrogens with one attached hydrogen (secondary N) is 3. The zero-order valence-electron chi connectivity index (χ0n) is 18.9. The van der Waals surface area contributed by atoms with Crippen LogP contribution in [0.4, 0.5) is 4.79 Å². The summed E-state index contributed by atoms with van der Waals surface area (Å²) in [6.45, 7) is 2.12. The first kappa shape index (κ1) is 24.7. The van der Waals surface area contributed by atoms with Crippen LogP contribution in [0, 0.1) is 0 Å². The Bertz CT molecular complexity index is 968. The van der Waals surface area contributed by atoms with E-state index in [1.807, 2.05) is 6.92 Å². The first-order valence-electron chi connectivity index (χ1n) is 11.2. The van der Waals surface area contributed by atoms with Gasteiger partial charge < -0.3 is 16.4 Å². The maximum atomic E-state index is 13.5. The molecule has 2 fully saturated rings. The second-order valence-corrected chi connectivity index (χ2v) is 8.07. The van der Waals surface area contributed by atoms with Gasteiger partial charge >= 0.3 is 6.03 Å². The molecule has 0 saturated carbocycles. The fourth-order valence-corrected chi connectivity index (χ4v) is 3.95. The van der Waals surface area contributed by atoms with Crippen LogP contribution in [-0.2, 0) is 14.4 Å². The van der Waals surface area contributed by atoms with Gasteiger partial charge in [0.25, 0.3) is 11.8 Å². The minimum Gasteiger partial charge on any atom is -0.350 e. The molecule has 34 heavy (non-hydrogen) atoms. The average molecular weight is 472 g/mol. The third-order valence-electron chi connectivity index (χ3n) is 5.70. The highest BCUT2D eigenvalue weighted by molar-refractivity contribution is 5.99. The fourth-order valence-electron chi connectivity index (χ4n) is 3.95. The Kier molecular flexibility index (Phi) is 8.17. The normalized spacial score (nSPS) is 21.4. The van der Waals surface area contributed by atoms with E-state index in [-0.39, 0.29) is 18.7 Å². The van der Waals surface area contributed by atoms with Crippen molar-refractivity contribution in [3.63, 3.8) is 0 Å². The predicted molar refractivity (Wildman–Crippen MR) is 122 cm³/mol. The summed E-state index contributed by atoms with van der Waals surface area (Å²) < 4.78 is 0. The van der Waals surface area contributed by atoms with Crippen molar-refractivity contribution in [1.82, 2.24) is 26.1 Å². The van der Waals surface area contributed by atoms with Crippen molar-refractivity contribution in [2.24, 2.45) is 10.8 Å². The number of fused-ring (bicyclic) bond motifs is 1. The molecule has 12 nitrogen and oxygen atoms in total. The third kappa shape index (κ3) is 5.88. The van der Waals surface area contributed by atoms with E-state index in [0.717, 1.165) is 0 Å². The maximum Gasteiger partial charge on any atom is 0.332 e. The molecule has 0 aromatic heterocycles. The highest BCUT2D eigenvalue weighted by atomic mass is 16.2. The quantitative estimate of drug-likeness (QED) is 0.320. The number of amides is 6. The average Bonchev–Trinajstić information content (AvgIpc) is 2.95. The van der Waals surface area contributed by atoms with Gasteiger partial charge in [-0.25, -0.2) is 15.2 Å². The Hall–Kier alpha value is -3.96. The molecule has 0 bridgehead atoms. The molecule has 3 atom stereocenters. The maximum absolute atomic E-state index is 13.5. The number of nitrogens with zero attached hydrogens (tertiary/aromatic N) is 3. The molecule has 12 heteroatoms. The number of rotatable bonds is 7. The summed E-state index contributed by atoms with van der Waals surface area (Å²) >= 11 is 0. The zero-order chi connectivity index (χ0) is 24.7. The Morgan fingerprint density at radius 3 is 2.62 bits per heavy atom. The van der Waals surface area contributed by atoms with Crippen molar-refractivity contribution in [3.05, 3.63) is 35.9 Å². The van der Waals surface area contributed by atoms with Gasteiger partial charge in [-0.15, -0.1) is 0 Å². The van der Waals surface area contributed by atoms with Crippen LogP contribution in [0.5, 0.6) is 0 Å². The minimum atomic E-state index is -0.946. The predicted octanol–water partition coefficient (Wildman–Crippen LogP) is -0.138. The number of carbonyl (C=O) groups excluding carboxylic acids is 5. The number of nitrogens with two attached hydrogens (primary N) is 1. The first-order chi connectivity index (χ1) is 16.3. The largest absolute Gasteiger partial charge is 0.350 e. The van der Waals surface area contributed by atoms with E-state index in [0.29, 0.717) is 31.4 Å². The molecule has 5 N–H and O–H groups in total. The van der Waals surface area contributed by atoms with Crippen LogP contribution in [0.1, 0.15) is 49.4 Å². The van der Waals surface area contributed by atoms with Gasteiger partial charge in [-0.3, -0.25) is 24.2 Å². The molecule has 0 radical (unpaired) electrons. The van der Waals surface area contributed by atoms with Crippen molar-refractivity contribution in [2.45, 2.75) is 57.2 Å². The fraction of sp³-hybridized carbons (Fsp3) is 0.455. The van der Waals surface area contributed by atoms with Crippen molar-refractivity contribution in [2.75, 3.05) is 6.54 Å². The Labute approximate surface area is 196 Å². The lowest BCUT2D eigenvalue weighted by Crippen LogP contribution is -2.64. The van der Waals surface area contributed by atoms with E-state index in [2.05, 4.69) is 21.2 Å². The molecular formula is C22H29N7O5. The number of hydrogen-bond donors (Lipinski definition) is 4. The van der Waals surface area contributed by atoms with Crippen LogP contribution in [0.15, 0.2) is 35.4 Å². The van der Waals surface area contributed by atoms with Crippen LogP contribution >= 0.6 is 0 Å². The van der Waals surface area contributed by atoms with Crippen LogP contribution in [-0.4, -0.2) is 70.6 Å². The smallest absolute Gasteiger partial charge is 0.332 e. The summed E-state index contributed by atoms with van der Waals surface area (Å²) in [6.07, 6.45) is 2.91. The van der Waals surface area contributed by atoms with Gasteiger partial charge in [-0.2, -0.15) is 5.10 Å². The molecule has 2 heterocycles. The van der Waals surface area contributed by atoms with E-state index in [1.165, 1.54) is 16.2 Å². The molecule has 0 unspecified atom stereocenters. The molecule has 0 aliphatic carbocycles. The number of hydrazone groups is 1. The molecule has 1 aromatic carbocycles. The zero-order valence-corrected chi connectivity index (χ0v) is 18.9. The van der Waals surface area contributed by atoms with Gasteiger partial charge in [-0.1, -0.05) is 25.1 Å². The van der Waals surface area contributed by atoms with Crippen LogP contribution in [0.2, 0.25) is 0 Å². The highest BCUT2D eigenvalue weighted by Gasteiger charge is 2.44. The SMILES string of the molecule is CC[C@@H](/C=N/NC(N)=O)NC(=O)[C@@H]1CCCN2C(=O)CC[C@H](NC(=O)c3ccccc3)C(=O)N12. The van der Waals surface area contributed by atoms with Gasteiger partial charge in [0, 0.05) is 24.7 Å². The van der Waals surface area contributed by atoms with E-state index in [1.54, 1.807) is 30.3 Å². The van der Waals surface area contributed by atoms with E-state index in [9.17, 15) is 24.0 Å². The van der Waals surface area contributed by atoms with Crippen molar-refractivity contribution in [1.29, 1.82) is 0 Å². The summed E-state index contributed by atoms with van der Waals surface area (Å²) in [6, 6.07) is 5.23. The highest BCUT2D eigenvalue weighted by Crippen LogP contribution is 2.25. The summed E-state index contributed by atoms with van der Waals surface area (Å²) in [5, 5.41) is 11.7. The Morgan fingerprint density at radius 1 is 1.21 bits per heavy atom. The minimum absolute atomic E-state index is 0.0688. The van der Waals surface area contributed by atoms with Gasteiger partial charge in [0.15, 0.2) is 0 Å². The lowest BCUT2D eigenvalue weighted by atomic mass is 10.0. The molecule has 1 aromatic rings. The summed E-state index contributed by atoms with van der Waals surface area (Å²) in [4.78, 5) is 62.8. The molecule has 2 saturated heterocycles. The molecule has 6 amide bonds. The van der Waals surface area contributed by atoms with Gasteiger partial charge in [-0.05, 0) is 37.8 Å². The van der Waals surface area contributed by atoms with E-state index < -0.39 is 41.9 Å². The number of carbonyl (C=O) groups is 5. The number of urea groups is 1. The van der Waals surface area contributed by atoms with Crippen molar-refractivity contribution < 1.29 is 24.0 Å². The molecule has 0 spiro atoms. The van der Waals surface area contributed by atoms with Crippen molar-refractivity contribution >= 4 is 35.9 Å². The number of primary amides is 1. The third-order valence-corrected chi connectivity index (χ3v) is 5.70. The lowest BCUT2D eigenvalue weighted by Gasteiger charge is -2.43. The van der Waals surface area contributed by atoms with Crippen LogP contribution in [0.3, 0.4) is 0 Å². The molecule has 182 valence electrons. The second kappa shape index (κ2) is 11.3. The van der Waals surface area contributed by atoms with E-state index in [4.69, 9.17) is 5.73 Å². The monoisotopic (exact) mass is 471 g/mol. The topological polar surface area (TPSA) is 166 Å². The van der Waals surface area contributed by atoms with Crippen LogP contribution in [0.25, 0.3) is 0 Å². The summed E-state index contributed by atoms with van der Waals surface area (Å²) in [5.41, 5.74) is 7.44. The molecule has 2 aliphatic heterocycles. The first-order valence-corrected chi connectivity index (χ1v) is 11.2. The lowest BCUT2D eigenvalue weighted by molar-refractivity contribution is -0.176.